The molecule has 0 saturated carbocycles. The van der Waals surface area contributed by atoms with E-state index in [1.54, 1.807) is 11.8 Å². The molecule has 2 atom stereocenters. The van der Waals surface area contributed by atoms with Gasteiger partial charge in [-0.05, 0) is 13.5 Å². The van der Waals surface area contributed by atoms with Crippen LogP contribution in [0.15, 0.2) is 0 Å². The molecule has 7 nitrogen and oxygen atoms in total. The molecule has 0 bridgehead atoms. The summed E-state index contributed by atoms with van der Waals surface area (Å²) in [5.41, 5.74) is 0. The summed E-state index contributed by atoms with van der Waals surface area (Å²) in [4.78, 5) is 27.7. The number of rotatable bonds is 4. The number of amides is 2. The van der Waals surface area contributed by atoms with Gasteiger partial charge in [0.15, 0.2) is 0 Å². The summed E-state index contributed by atoms with van der Waals surface area (Å²) in [7, 11) is 0. The second-order valence-corrected chi connectivity index (χ2v) is 5.32. The topological polar surface area (TPSA) is 71.1 Å². The standard InChI is InChI=1S/C14H25N3O4/c1-3-15-12-10-20-9-11(12)13(18)16-5-7-17(8-6-16)14(19)21-4-2/h11-12,15H,3-10H2,1-2H3. The van der Waals surface area contributed by atoms with Gasteiger partial charge in [-0.15, -0.1) is 0 Å². The van der Waals surface area contributed by atoms with Crippen molar-refractivity contribution in [2.24, 2.45) is 5.92 Å². The highest BCUT2D eigenvalue weighted by molar-refractivity contribution is 5.80. The SMILES string of the molecule is CCNC1COCC1C(=O)N1CCN(C(=O)OCC)CC1. The fraction of sp³-hybridized carbons (Fsp3) is 0.857. The van der Waals surface area contributed by atoms with E-state index in [1.807, 2.05) is 11.8 Å². The van der Waals surface area contributed by atoms with Crippen molar-refractivity contribution in [2.45, 2.75) is 19.9 Å². The third kappa shape index (κ3) is 3.85. The van der Waals surface area contributed by atoms with E-state index in [0.717, 1.165) is 6.54 Å². The summed E-state index contributed by atoms with van der Waals surface area (Å²) in [6.07, 6.45) is -0.292. The molecule has 2 amide bonds. The van der Waals surface area contributed by atoms with Crippen molar-refractivity contribution < 1.29 is 19.1 Å². The Bertz CT molecular complexity index is 369. The van der Waals surface area contributed by atoms with Crippen LogP contribution in [0.3, 0.4) is 0 Å². The summed E-state index contributed by atoms with van der Waals surface area (Å²) in [5, 5.41) is 3.30. The van der Waals surface area contributed by atoms with E-state index < -0.39 is 0 Å². The van der Waals surface area contributed by atoms with Crippen LogP contribution in [-0.2, 0) is 14.3 Å². The lowest BCUT2D eigenvalue weighted by Crippen LogP contribution is -2.54. The number of carbonyl (C=O) groups is 2. The Morgan fingerprint density at radius 2 is 1.81 bits per heavy atom. The van der Waals surface area contributed by atoms with Gasteiger partial charge in [0.25, 0.3) is 0 Å². The number of carbonyl (C=O) groups excluding carboxylic acids is 2. The van der Waals surface area contributed by atoms with Gasteiger partial charge in [-0.3, -0.25) is 4.79 Å². The average Bonchev–Trinajstić information content (AvgIpc) is 2.95. The van der Waals surface area contributed by atoms with Gasteiger partial charge >= 0.3 is 6.09 Å². The van der Waals surface area contributed by atoms with E-state index in [9.17, 15) is 9.59 Å². The molecule has 0 aromatic rings. The summed E-state index contributed by atoms with van der Waals surface area (Å²) >= 11 is 0. The quantitative estimate of drug-likeness (QED) is 0.786. The number of hydrogen-bond acceptors (Lipinski definition) is 5. The van der Waals surface area contributed by atoms with Crippen molar-refractivity contribution in [2.75, 3.05) is 52.5 Å². The van der Waals surface area contributed by atoms with Crippen molar-refractivity contribution in [3.05, 3.63) is 0 Å². The highest BCUT2D eigenvalue weighted by atomic mass is 16.6. The molecule has 2 heterocycles. The summed E-state index contributed by atoms with van der Waals surface area (Å²) in [6.45, 7) is 8.28. The second-order valence-electron chi connectivity index (χ2n) is 5.32. The number of piperazine rings is 1. The largest absolute Gasteiger partial charge is 0.450 e. The lowest BCUT2D eigenvalue weighted by atomic mass is 10.0. The van der Waals surface area contributed by atoms with E-state index in [2.05, 4.69) is 5.32 Å². The van der Waals surface area contributed by atoms with Crippen LogP contribution in [0.25, 0.3) is 0 Å². The summed E-state index contributed by atoms with van der Waals surface area (Å²) in [5.74, 6) is 0.0149. The number of likely N-dealkylation sites (N-methyl/N-ethyl adjacent to an activating group) is 1. The molecule has 21 heavy (non-hydrogen) atoms. The van der Waals surface area contributed by atoms with Crippen molar-refractivity contribution >= 4 is 12.0 Å². The first kappa shape index (κ1) is 16.0. The Hall–Kier alpha value is -1.34. The zero-order valence-electron chi connectivity index (χ0n) is 12.8. The van der Waals surface area contributed by atoms with Gasteiger partial charge in [0.05, 0.1) is 25.7 Å². The van der Waals surface area contributed by atoms with E-state index in [1.165, 1.54) is 0 Å². The maximum Gasteiger partial charge on any atom is 0.409 e. The molecule has 0 aromatic heterocycles. The van der Waals surface area contributed by atoms with Crippen molar-refractivity contribution in [1.82, 2.24) is 15.1 Å². The van der Waals surface area contributed by atoms with Crippen LogP contribution in [0.2, 0.25) is 0 Å². The highest BCUT2D eigenvalue weighted by Crippen LogP contribution is 2.18. The maximum atomic E-state index is 12.6. The van der Waals surface area contributed by atoms with E-state index in [-0.39, 0.29) is 24.0 Å². The molecular formula is C14H25N3O4. The molecule has 0 aliphatic carbocycles. The molecule has 0 aromatic carbocycles. The van der Waals surface area contributed by atoms with Crippen molar-refractivity contribution in [3.63, 3.8) is 0 Å². The van der Waals surface area contributed by atoms with Gasteiger partial charge in [-0.25, -0.2) is 4.79 Å². The zero-order chi connectivity index (χ0) is 15.2. The number of hydrogen-bond donors (Lipinski definition) is 1. The first-order chi connectivity index (χ1) is 10.2. The minimum absolute atomic E-state index is 0.102. The molecule has 120 valence electrons. The number of nitrogens with one attached hydrogen (secondary N) is 1. The fourth-order valence-electron chi connectivity index (χ4n) is 2.82. The molecule has 7 heteroatoms. The van der Waals surface area contributed by atoms with Gasteiger partial charge < -0.3 is 24.6 Å². The minimum atomic E-state index is -0.292. The zero-order valence-corrected chi connectivity index (χ0v) is 12.8. The fourth-order valence-corrected chi connectivity index (χ4v) is 2.82. The van der Waals surface area contributed by atoms with Crippen molar-refractivity contribution in [1.29, 1.82) is 0 Å². The number of nitrogens with zero attached hydrogens (tertiary/aromatic N) is 2. The van der Waals surface area contributed by atoms with E-state index in [4.69, 9.17) is 9.47 Å². The Morgan fingerprint density at radius 1 is 1.14 bits per heavy atom. The van der Waals surface area contributed by atoms with Crippen LogP contribution in [0.4, 0.5) is 4.79 Å². The molecule has 0 spiro atoms. The lowest BCUT2D eigenvalue weighted by molar-refractivity contribution is -0.137. The van der Waals surface area contributed by atoms with Gasteiger partial charge in [0.1, 0.15) is 0 Å². The first-order valence-corrected chi connectivity index (χ1v) is 7.69. The van der Waals surface area contributed by atoms with Gasteiger partial charge in [-0.1, -0.05) is 6.92 Å². The predicted octanol–water partition coefficient (Wildman–Crippen LogP) is -0.0884. The number of ether oxygens (including phenoxy) is 2. The van der Waals surface area contributed by atoms with Crippen LogP contribution in [0, 0.1) is 5.92 Å². The Morgan fingerprint density at radius 3 is 2.43 bits per heavy atom. The monoisotopic (exact) mass is 299 g/mol. The van der Waals surface area contributed by atoms with Crippen molar-refractivity contribution in [3.8, 4) is 0 Å². The molecule has 2 fully saturated rings. The molecule has 2 aliphatic heterocycles. The van der Waals surface area contributed by atoms with E-state index >= 15 is 0 Å². The first-order valence-electron chi connectivity index (χ1n) is 7.69. The van der Waals surface area contributed by atoms with Gasteiger partial charge in [0.2, 0.25) is 5.91 Å². The predicted molar refractivity (Wildman–Crippen MR) is 76.9 cm³/mol. The van der Waals surface area contributed by atoms with Crippen LogP contribution in [-0.4, -0.2) is 80.4 Å². The Labute approximate surface area is 125 Å². The van der Waals surface area contributed by atoms with Crippen LogP contribution >= 0.6 is 0 Å². The third-order valence-corrected chi connectivity index (χ3v) is 3.98. The van der Waals surface area contributed by atoms with Crippen LogP contribution < -0.4 is 5.32 Å². The summed E-state index contributed by atoms with van der Waals surface area (Å²) in [6, 6.07) is 0.102. The van der Waals surface area contributed by atoms with E-state index in [0.29, 0.717) is 46.0 Å². The summed E-state index contributed by atoms with van der Waals surface area (Å²) < 4.78 is 10.4. The normalized spacial score (nSPS) is 26.0. The molecule has 2 saturated heterocycles. The molecule has 2 unspecified atom stereocenters. The second kappa shape index (κ2) is 7.61. The average molecular weight is 299 g/mol. The van der Waals surface area contributed by atoms with Gasteiger partial charge in [0, 0.05) is 32.2 Å². The maximum absolute atomic E-state index is 12.6. The minimum Gasteiger partial charge on any atom is -0.450 e. The van der Waals surface area contributed by atoms with Crippen LogP contribution in [0.1, 0.15) is 13.8 Å². The highest BCUT2D eigenvalue weighted by Gasteiger charge is 2.37. The molecule has 1 N–H and O–H groups in total. The lowest BCUT2D eigenvalue weighted by Gasteiger charge is -2.35. The Kier molecular flexibility index (Phi) is 5.81. The van der Waals surface area contributed by atoms with Gasteiger partial charge in [-0.2, -0.15) is 0 Å². The molecule has 0 radical (unpaired) electrons. The Balaban J connectivity index is 1.84. The molecule has 2 aliphatic rings. The molecule has 2 rings (SSSR count). The smallest absolute Gasteiger partial charge is 0.409 e. The molecular weight excluding hydrogens is 274 g/mol. The van der Waals surface area contributed by atoms with Crippen LogP contribution in [0.5, 0.6) is 0 Å². The third-order valence-electron chi connectivity index (χ3n) is 3.98.